The number of fused-ring (bicyclic) bond motifs is 1. The fraction of sp³-hybridized carbons (Fsp3) is 0.364. The molecule has 0 saturated heterocycles. The number of allylic oxidation sites excluding steroid dienone is 1. The summed E-state index contributed by atoms with van der Waals surface area (Å²) in [6.45, 7) is 5.79. The minimum atomic E-state index is 0.230. The van der Waals surface area contributed by atoms with Crippen LogP contribution < -0.4 is 0 Å². The lowest BCUT2D eigenvalue weighted by Gasteiger charge is -1.94. The van der Waals surface area contributed by atoms with Crippen molar-refractivity contribution in [3.8, 4) is 0 Å². The van der Waals surface area contributed by atoms with Gasteiger partial charge in [-0.1, -0.05) is 6.08 Å². The quantitative estimate of drug-likeness (QED) is 0.631. The van der Waals surface area contributed by atoms with Crippen molar-refractivity contribution in [3.63, 3.8) is 0 Å². The van der Waals surface area contributed by atoms with E-state index in [1.807, 2.05) is 12.3 Å². The van der Waals surface area contributed by atoms with Crippen LogP contribution >= 0.6 is 0 Å². The van der Waals surface area contributed by atoms with E-state index in [1.54, 1.807) is 4.57 Å². The van der Waals surface area contributed by atoms with E-state index in [0.29, 0.717) is 6.42 Å². The van der Waals surface area contributed by atoms with Crippen LogP contribution in [-0.4, -0.2) is 10.5 Å². The van der Waals surface area contributed by atoms with E-state index in [2.05, 4.69) is 13.5 Å². The average molecular weight is 175 g/mol. The van der Waals surface area contributed by atoms with E-state index >= 15 is 0 Å². The lowest BCUT2D eigenvalue weighted by molar-refractivity contribution is 0.0924. The summed E-state index contributed by atoms with van der Waals surface area (Å²) in [7, 11) is 0. The van der Waals surface area contributed by atoms with Gasteiger partial charge in [0.05, 0.1) is 0 Å². The summed E-state index contributed by atoms with van der Waals surface area (Å²) in [5, 5.41) is 0. The first-order valence-electron chi connectivity index (χ1n) is 4.58. The number of aromatic nitrogens is 1. The molecule has 2 rings (SSSR count). The topological polar surface area (TPSA) is 22.0 Å². The van der Waals surface area contributed by atoms with E-state index in [4.69, 9.17) is 0 Å². The van der Waals surface area contributed by atoms with Crippen molar-refractivity contribution < 1.29 is 4.79 Å². The average Bonchev–Trinajstić information content (AvgIpc) is 2.59. The molecular formula is C11H13NO. The Morgan fingerprint density at radius 2 is 2.38 bits per heavy atom. The Hall–Kier alpha value is -1.31. The Bertz CT molecular complexity index is 374. The summed E-state index contributed by atoms with van der Waals surface area (Å²) < 4.78 is 1.80. The minimum absolute atomic E-state index is 0.230. The predicted molar refractivity (Wildman–Crippen MR) is 52.0 cm³/mol. The molecule has 0 fully saturated rings. The van der Waals surface area contributed by atoms with Crippen LogP contribution in [0.25, 0.3) is 0 Å². The second-order valence-electron chi connectivity index (χ2n) is 3.48. The third-order valence-corrected chi connectivity index (χ3v) is 2.70. The van der Waals surface area contributed by atoms with Gasteiger partial charge in [0, 0.05) is 18.3 Å². The van der Waals surface area contributed by atoms with Crippen LogP contribution in [0.15, 0.2) is 18.9 Å². The normalized spacial score (nSPS) is 14.7. The molecule has 0 N–H and O–H groups in total. The third-order valence-electron chi connectivity index (χ3n) is 2.70. The first-order chi connectivity index (χ1) is 6.24. The molecule has 0 saturated carbocycles. The van der Waals surface area contributed by atoms with Gasteiger partial charge in [0.2, 0.25) is 5.91 Å². The molecule has 0 spiro atoms. The van der Waals surface area contributed by atoms with Gasteiger partial charge in [0.1, 0.15) is 0 Å². The standard InChI is InChI=1S/C11H13NO/c1-3-4-9-7-12-10(8(9)2)5-6-11(12)13/h3,7H,1,4-6H2,2H3. The lowest BCUT2D eigenvalue weighted by atomic mass is 10.1. The Labute approximate surface area is 77.9 Å². The fourth-order valence-electron chi connectivity index (χ4n) is 1.93. The molecule has 13 heavy (non-hydrogen) atoms. The van der Waals surface area contributed by atoms with Gasteiger partial charge < -0.3 is 0 Å². The lowest BCUT2D eigenvalue weighted by Crippen LogP contribution is -2.01. The van der Waals surface area contributed by atoms with Gasteiger partial charge in [-0.25, -0.2) is 0 Å². The molecule has 1 aromatic heterocycles. The number of rotatable bonds is 2. The molecule has 0 radical (unpaired) electrons. The summed E-state index contributed by atoms with van der Waals surface area (Å²) in [5.41, 5.74) is 3.70. The molecule has 0 amide bonds. The van der Waals surface area contributed by atoms with Crippen LogP contribution in [0.2, 0.25) is 0 Å². The molecule has 0 aliphatic carbocycles. The first-order valence-corrected chi connectivity index (χ1v) is 4.58. The maximum absolute atomic E-state index is 11.4. The Morgan fingerprint density at radius 1 is 1.62 bits per heavy atom. The third kappa shape index (κ3) is 1.13. The SMILES string of the molecule is C=CCc1cn2c(c1C)CCC2=O. The molecule has 0 unspecified atom stereocenters. The number of carbonyl (C=O) groups excluding carboxylic acids is 1. The zero-order valence-corrected chi connectivity index (χ0v) is 7.84. The molecule has 1 aromatic rings. The van der Waals surface area contributed by atoms with E-state index in [0.717, 1.165) is 12.8 Å². The number of hydrogen-bond acceptors (Lipinski definition) is 1. The van der Waals surface area contributed by atoms with Crippen LogP contribution in [0.3, 0.4) is 0 Å². The monoisotopic (exact) mass is 175 g/mol. The minimum Gasteiger partial charge on any atom is -0.291 e. The molecule has 1 aliphatic rings. The van der Waals surface area contributed by atoms with Crippen LogP contribution in [-0.2, 0) is 12.8 Å². The van der Waals surface area contributed by atoms with E-state index in [1.165, 1.54) is 16.8 Å². The largest absolute Gasteiger partial charge is 0.291 e. The summed E-state index contributed by atoms with van der Waals surface area (Å²) in [5.74, 6) is 0.230. The highest BCUT2D eigenvalue weighted by molar-refractivity contribution is 5.83. The van der Waals surface area contributed by atoms with Gasteiger partial charge in [0.15, 0.2) is 0 Å². The Balaban J connectivity index is 2.48. The van der Waals surface area contributed by atoms with Gasteiger partial charge in [-0.3, -0.25) is 9.36 Å². The van der Waals surface area contributed by atoms with E-state index < -0.39 is 0 Å². The van der Waals surface area contributed by atoms with Crippen LogP contribution in [0.1, 0.15) is 28.0 Å². The van der Waals surface area contributed by atoms with Gasteiger partial charge in [-0.15, -0.1) is 6.58 Å². The predicted octanol–water partition coefficient (Wildman–Crippen LogP) is 2.11. The van der Waals surface area contributed by atoms with Gasteiger partial charge in [-0.05, 0) is 30.9 Å². The number of nitrogens with zero attached hydrogens (tertiary/aromatic N) is 1. The zero-order valence-electron chi connectivity index (χ0n) is 7.84. The van der Waals surface area contributed by atoms with Crippen molar-refractivity contribution in [2.75, 3.05) is 0 Å². The number of hydrogen-bond donors (Lipinski definition) is 0. The maximum atomic E-state index is 11.4. The highest BCUT2D eigenvalue weighted by atomic mass is 16.2. The summed E-state index contributed by atoms with van der Waals surface area (Å²) in [6.07, 6.45) is 6.27. The molecule has 2 nitrogen and oxygen atoms in total. The zero-order chi connectivity index (χ0) is 9.42. The molecule has 1 aliphatic heterocycles. The van der Waals surface area contributed by atoms with Gasteiger partial charge >= 0.3 is 0 Å². The highest BCUT2D eigenvalue weighted by Crippen LogP contribution is 2.24. The van der Waals surface area contributed by atoms with Crippen molar-refractivity contribution in [3.05, 3.63) is 35.7 Å². The molecular weight excluding hydrogens is 162 g/mol. The second-order valence-corrected chi connectivity index (χ2v) is 3.48. The molecule has 0 atom stereocenters. The van der Waals surface area contributed by atoms with Crippen molar-refractivity contribution in [1.29, 1.82) is 0 Å². The molecule has 0 aromatic carbocycles. The molecule has 2 heteroatoms. The second kappa shape index (κ2) is 2.87. The van der Waals surface area contributed by atoms with Gasteiger partial charge in [-0.2, -0.15) is 0 Å². The van der Waals surface area contributed by atoms with Crippen LogP contribution in [0.5, 0.6) is 0 Å². The van der Waals surface area contributed by atoms with Crippen LogP contribution in [0, 0.1) is 6.92 Å². The summed E-state index contributed by atoms with van der Waals surface area (Å²) in [6, 6.07) is 0. The van der Waals surface area contributed by atoms with Crippen molar-refractivity contribution in [1.82, 2.24) is 4.57 Å². The summed E-state index contributed by atoms with van der Waals surface area (Å²) >= 11 is 0. The maximum Gasteiger partial charge on any atom is 0.231 e. The number of carbonyl (C=O) groups is 1. The molecule has 68 valence electrons. The van der Waals surface area contributed by atoms with Crippen molar-refractivity contribution in [2.24, 2.45) is 0 Å². The van der Waals surface area contributed by atoms with Crippen LogP contribution in [0.4, 0.5) is 0 Å². The Kier molecular flexibility index (Phi) is 1.83. The fourth-order valence-corrected chi connectivity index (χ4v) is 1.93. The highest BCUT2D eigenvalue weighted by Gasteiger charge is 2.22. The van der Waals surface area contributed by atoms with Gasteiger partial charge in [0.25, 0.3) is 0 Å². The summed E-state index contributed by atoms with van der Waals surface area (Å²) in [4.78, 5) is 11.4. The Morgan fingerprint density at radius 3 is 3.00 bits per heavy atom. The smallest absolute Gasteiger partial charge is 0.231 e. The molecule has 2 heterocycles. The first kappa shape index (κ1) is 8.30. The molecule has 0 bridgehead atoms. The van der Waals surface area contributed by atoms with Crippen molar-refractivity contribution in [2.45, 2.75) is 26.2 Å². The van der Waals surface area contributed by atoms with Crippen molar-refractivity contribution >= 4 is 5.91 Å². The van der Waals surface area contributed by atoms with E-state index in [-0.39, 0.29) is 5.91 Å². The van der Waals surface area contributed by atoms with E-state index in [9.17, 15) is 4.79 Å².